The zero-order chi connectivity index (χ0) is 12.3. The zero-order valence-corrected chi connectivity index (χ0v) is 11.1. The van der Waals surface area contributed by atoms with Crippen molar-refractivity contribution in [2.45, 2.75) is 51.5 Å². The van der Waals surface area contributed by atoms with Gasteiger partial charge in [0.25, 0.3) is 0 Å². The van der Waals surface area contributed by atoms with Crippen LogP contribution in [0.3, 0.4) is 0 Å². The van der Waals surface area contributed by atoms with Gasteiger partial charge in [0.15, 0.2) is 0 Å². The molecule has 0 saturated heterocycles. The van der Waals surface area contributed by atoms with E-state index in [1.54, 1.807) is 0 Å². The molecule has 1 aromatic rings. The first kappa shape index (κ1) is 12.6. The van der Waals surface area contributed by atoms with Gasteiger partial charge in [0, 0.05) is 6.04 Å². The number of hydrogen-bond donors (Lipinski definition) is 1. The van der Waals surface area contributed by atoms with Crippen LogP contribution in [0.25, 0.3) is 0 Å². The van der Waals surface area contributed by atoms with Crippen LogP contribution >= 0.6 is 0 Å². The Bertz CT molecular complexity index is 325. The second-order valence-electron chi connectivity index (χ2n) is 5.80. The summed E-state index contributed by atoms with van der Waals surface area (Å²) < 4.78 is 0. The Morgan fingerprint density at radius 2 is 1.65 bits per heavy atom. The molecule has 1 aliphatic rings. The fourth-order valence-corrected chi connectivity index (χ4v) is 3.06. The van der Waals surface area contributed by atoms with Crippen molar-refractivity contribution in [1.29, 1.82) is 0 Å². The molecule has 0 radical (unpaired) electrons. The summed E-state index contributed by atoms with van der Waals surface area (Å²) in [5.41, 5.74) is 7.86. The predicted octanol–water partition coefficient (Wildman–Crippen LogP) is 3.94. The van der Waals surface area contributed by atoms with Gasteiger partial charge >= 0.3 is 0 Å². The molecule has 0 spiro atoms. The summed E-state index contributed by atoms with van der Waals surface area (Å²) in [4.78, 5) is 0. The first-order valence-electron chi connectivity index (χ1n) is 6.99. The van der Waals surface area contributed by atoms with Crippen LogP contribution in [0.1, 0.15) is 51.0 Å². The van der Waals surface area contributed by atoms with Crippen LogP contribution < -0.4 is 5.73 Å². The minimum atomic E-state index is 0.324. The fraction of sp³-hybridized carbons (Fsp3) is 0.625. The van der Waals surface area contributed by atoms with Gasteiger partial charge in [-0.25, -0.2) is 0 Å². The Balaban J connectivity index is 1.98. The van der Waals surface area contributed by atoms with E-state index < -0.39 is 0 Å². The Hall–Kier alpha value is -0.820. The quantitative estimate of drug-likeness (QED) is 0.837. The summed E-state index contributed by atoms with van der Waals surface area (Å²) in [6, 6.07) is 11.0. The number of nitrogens with two attached hydrogens (primary N) is 1. The standard InChI is InChI=1S/C16H25N/c1-12-8-10-15(11-9-12)16(17)13(2)14-6-4-3-5-7-14/h3-7,12-13,15-16H,8-11,17H2,1-2H3. The van der Waals surface area contributed by atoms with Gasteiger partial charge in [-0.05, 0) is 36.2 Å². The van der Waals surface area contributed by atoms with Crippen LogP contribution in [-0.2, 0) is 0 Å². The summed E-state index contributed by atoms with van der Waals surface area (Å²) in [6.45, 7) is 4.64. The third kappa shape index (κ3) is 3.10. The van der Waals surface area contributed by atoms with Crippen molar-refractivity contribution in [1.82, 2.24) is 0 Å². The van der Waals surface area contributed by atoms with E-state index in [-0.39, 0.29) is 0 Å². The molecule has 1 nitrogen and oxygen atoms in total. The van der Waals surface area contributed by atoms with Crippen LogP contribution in [0.5, 0.6) is 0 Å². The first-order chi connectivity index (χ1) is 8.18. The molecule has 1 heteroatoms. The lowest BCUT2D eigenvalue weighted by Gasteiger charge is -2.34. The van der Waals surface area contributed by atoms with Crippen molar-refractivity contribution < 1.29 is 0 Å². The average Bonchev–Trinajstić information content (AvgIpc) is 2.39. The molecule has 0 aromatic heterocycles. The van der Waals surface area contributed by atoms with Gasteiger partial charge in [-0.1, -0.05) is 57.0 Å². The molecule has 94 valence electrons. The molecule has 1 fully saturated rings. The lowest BCUT2D eigenvalue weighted by molar-refractivity contribution is 0.240. The smallest absolute Gasteiger partial charge is 0.0134 e. The third-order valence-corrected chi connectivity index (χ3v) is 4.51. The van der Waals surface area contributed by atoms with Crippen LogP contribution in [0.15, 0.2) is 30.3 Å². The molecule has 1 saturated carbocycles. The first-order valence-corrected chi connectivity index (χ1v) is 6.99. The highest BCUT2D eigenvalue weighted by Crippen LogP contribution is 2.34. The average molecular weight is 231 g/mol. The van der Waals surface area contributed by atoms with Crippen LogP contribution in [-0.4, -0.2) is 6.04 Å². The molecule has 0 aliphatic heterocycles. The van der Waals surface area contributed by atoms with Gasteiger partial charge < -0.3 is 5.73 Å². The highest BCUT2D eigenvalue weighted by molar-refractivity contribution is 5.20. The third-order valence-electron chi connectivity index (χ3n) is 4.51. The molecule has 0 amide bonds. The van der Waals surface area contributed by atoms with Crippen molar-refractivity contribution in [2.24, 2.45) is 17.6 Å². The van der Waals surface area contributed by atoms with Crippen molar-refractivity contribution in [3.8, 4) is 0 Å². The summed E-state index contributed by atoms with van der Waals surface area (Å²) in [7, 11) is 0. The maximum atomic E-state index is 6.47. The topological polar surface area (TPSA) is 26.0 Å². The molecule has 2 rings (SSSR count). The van der Waals surface area contributed by atoms with E-state index in [1.165, 1.54) is 31.2 Å². The Kier molecular flexibility index (Phi) is 4.22. The van der Waals surface area contributed by atoms with E-state index in [4.69, 9.17) is 5.73 Å². The Morgan fingerprint density at radius 3 is 2.24 bits per heavy atom. The van der Waals surface area contributed by atoms with Gasteiger partial charge in [-0.2, -0.15) is 0 Å². The molecular formula is C16H25N. The molecule has 0 heterocycles. The van der Waals surface area contributed by atoms with Crippen molar-refractivity contribution in [2.75, 3.05) is 0 Å². The normalized spacial score (nSPS) is 28.6. The number of benzene rings is 1. The molecule has 0 bridgehead atoms. The zero-order valence-electron chi connectivity index (χ0n) is 11.1. The van der Waals surface area contributed by atoms with E-state index in [0.29, 0.717) is 12.0 Å². The molecule has 1 aromatic carbocycles. The largest absolute Gasteiger partial charge is 0.327 e. The van der Waals surface area contributed by atoms with E-state index in [1.807, 2.05) is 0 Å². The minimum Gasteiger partial charge on any atom is -0.327 e. The molecule has 2 atom stereocenters. The van der Waals surface area contributed by atoms with Crippen molar-refractivity contribution >= 4 is 0 Å². The minimum absolute atomic E-state index is 0.324. The number of hydrogen-bond acceptors (Lipinski definition) is 1. The Labute approximate surface area is 105 Å². The fourth-order valence-electron chi connectivity index (χ4n) is 3.06. The van der Waals surface area contributed by atoms with Gasteiger partial charge in [-0.15, -0.1) is 0 Å². The van der Waals surface area contributed by atoms with E-state index >= 15 is 0 Å². The summed E-state index contributed by atoms with van der Waals surface area (Å²) in [5, 5.41) is 0. The lowest BCUT2D eigenvalue weighted by atomic mass is 9.75. The molecule has 2 N–H and O–H groups in total. The van der Waals surface area contributed by atoms with E-state index in [0.717, 1.165) is 11.8 Å². The maximum absolute atomic E-state index is 6.47. The van der Waals surface area contributed by atoms with Gasteiger partial charge in [0.2, 0.25) is 0 Å². The number of rotatable bonds is 3. The molecule has 1 aliphatic carbocycles. The van der Waals surface area contributed by atoms with E-state index in [2.05, 4.69) is 44.2 Å². The Morgan fingerprint density at radius 1 is 1.06 bits per heavy atom. The lowest BCUT2D eigenvalue weighted by Crippen LogP contribution is -2.37. The predicted molar refractivity (Wildman–Crippen MR) is 74.0 cm³/mol. The van der Waals surface area contributed by atoms with E-state index in [9.17, 15) is 0 Å². The molecule has 2 unspecified atom stereocenters. The van der Waals surface area contributed by atoms with Crippen LogP contribution in [0, 0.1) is 11.8 Å². The highest BCUT2D eigenvalue weighted by atomic mass is 14.7. The van der Waals surface area contributed by atoms with Crippen LogP contribution in [0.2, 0.25) is 0 Å². The van der Waals surface area contributed by atoms with Crippen LogP contribution in [0.4, 0.5) is 0 Å². The van der Waals surface area contributed by atoms with Crippen molar-refractivity contribution in [3.05, 3.63) is 35.9 Å². The second kappa shape index (κ2) is 5.68. The SMILES string of the molecule is CC1CCC(C(N)C(C)c2ccccc2)CC1. The molecule has 17 heavy (non-hydrogen) atoms. The highest BCUT2D eigenvalue weighted by Gasteiger charge is 2.27. The van der Waals surface area contributed by atoms with Gasteiger partial charge in [0.05, 0.1) is 0 Å². The summed E-state index contributed by atoms with van der Waals surface area (Å²) in [5.74, 6) is 2.11. The molecular weight excluding hydrogens is 206 g/mol. The monoisotopic (exact) mass is 231 g/mol. The maximum Gasteiger partial charge on any atom is 0.0134 e. The second-order valence-corrected chi connectivity index (χ2v) is 5.80. The van der Waals surface area contributed by atoms with Gasteiger partial charge in [0.1, 0.15) is 0 Å². The summed E-state index contributed by atoms with van der Waals surface area (Å²) in [6.07, 6.45) is 5.36. The summed E-state index contributed by atoms with van der Waals surface area (Å²) >= 11 is 0. The van der Waals surface area contributed by atoms with Gasteiger partial charge in [-0.3, -0.25) is 0 Å². The van der Waals surface area contributed by atoms with Crippen molar-refractivity contribution in [3.63, 3.8) is 0 Å².